The lowest BCUT2D eigenvalue weighted by Crippen LogP contribution is -2.17. The highest BCUT2D eigenvalue weighted by Gasteiger charge is 2.29. The fourth-order valence-electron chi connectivity index (χ4n) is 2.35. The first-order valence-corrected chi connectivity index (χ1v) is 7.88. The van der Waals surface area contributed by atoms with E-state index in [1.807, 2.05) is 0 Å². The van der Waals surface area contributed by atoms with Crippen LogP contribution in [-0.4, -0.2) is 31.9 Å². The van der Waals surface area contributed by atoms with E-state index < -0.39 is 9.84 Å². The Bertz CT molecular complexity index is 475. The summed E-state index contributed by atoms with van der Waals surface area (Å²) in [5.74, 6) is 0. The van der Waals surface area contributed by atoms with Crippen LogP contribution in [-0.2, 0) is 9.84 Å². The minimum Gasteiger partial charge on any atom is -0.395 e. The van der Waals surface area contributed by atoms with Crippen molar-refractivity contribution in [3.05, 3.63) is 24.3 Å². The van der Waals surface area contributed by atoms with Crippen molar-refractivity contribution < 1.29 is 13.5 Å². The predicted molar refractivity (Wildman–Crippen MR) is 71.5 cm³/mol. The third-order valence-electron chi connectivity index (χ3n) is 3.36. The fraction of sp³-hybridized carbons (Fsp3) is 0.538. The van der Waals surface area contributed by atoms with E-state index in [4.69, 9.17) is 5.11 Å². The van der Waals surface area contributed by atoms with Gasteiger partial charge in [0.1, 0.15) is 0 Å². The van der Waals surface area contributed by atoms with Crippen LogP contribution in [0.25, 0.3) is 0 Å². The summed E-state index contributed by atoms with van der Waals surface area (Å²) in [6.45, 7) is 0.525. The van der Waals surface area contributed by atoms with Crippen LogP contribution in [0.3, 0.4) is 0 Å². The Morgan fingerprint density at radius 2 is 1.78 bits per heavy atom. The number of benzene rings is 1. The molecule has 0 aliphatic heterocycles. The van der Waals surface area contributed by atoms with Gasteiger partial charge in [0.25, 0.3) is 0 Å². The summed E-state index contributed by atoms with van der Waals surface area (Å²) in [7, 11) is -3.15. The molecule has 2 rings (SSSR count). The van der Waals surface area contributed by atoms with Gasteiger partial charge in [0.2, 0.25) is 0 Å². The van der Waals surface area contributed by atoms with Crippen molar-refractivity contribution in [1.29, 1.82) is 0 Å². The molecule has 18 heavy (non-hydrogen) atoms. The highest BCUT2D eigenvalue weighted by Crippen LogP contribution is 2.29. The zero-order chi connectivity index (χ0) is 13.0. The molecule has 0 heterocycles. The Kier molecular flexibility index (Phi) is 4.24. The molecule has 0 atom stereocenters. The molecule has 1 aromatic carbocycles. The van der Waals surface area contributed by atoms with Crippen LogP contribution in [0.4, 0.5) is 5.69 Å². The number of aliphatic hydroxyl groups is 1. The maximum absolute atomic E-state index is 12.3. The third kappa shape index (κ3) is 2.84. The molecule has 0 aromatic heterocycles. The lowest BCUT2D eigenvalue weighted by Gasteiger charge is -2.12. The van der Waals surface area contributed by atoms with Gasteiger partial charge in [-0.05, 0) is 37.1 Å². The molecule has 2 N–H and O–H groups in total. The van der Waals surface area contributed by atoms with Gasteiger partial charge in [-0.25, -0.2) is 8.42 Å². The molecule has 0 amide bonds. The molecule has 1 aromatic rings. The van der Waals surface area contributed by atoms with Crippen LogP contribution in [0.15, 0.2) is 29.2 Å². The van der Waals surface area contributed by atoms with Gasteiger partial charge in [-0.2, -0.15) is 0 Å². The van der Waals surface area contributed by atoms with Crippen molar-refractivity contribution in [2.75, 3.05) is 18.5 Å². The SMILES string of the molecule is O=S(=O)(c1ccc(NCCO)cc1)C1CCCC1. The summed E-state index contributed by atoms with van der Waals surface area (Å²) >= 11 is 0. The molecule has 100 valence electrons. The van der Waals surface area contributed by atoms with Gasteiger partial charge in [0.05, 0.1) is 16.8 Å². The number of sulfone groups is 1. The Balaban J connectivity index is 2.13. The predicted octanol–water partition coefficient (Wildman–Crippen LogP) is 1.81. The standard InChI is InChI=1S/C13H19NO3S/c15-10-9-14-11-5-7-13(8-6-11)18(16,17)12-3-1-2-4-12/h5-8,12,14-15H,1-4,9-10H2. The van der Waals surface area contributed by atoms with E-state index in [1.54, 1.807) is 24.3 Å². The number of hydrogen-bond acceptors (Lipinski definition) is 4. The van der Waals surface area contributed by atoms with Crippen molar-refractivity contribution in [2.24, 2.45) is 0 Å². The number of aliphatic hydroxyl groups excluding tert-OH is 1. The highest BCUT2D eigenvalue weighted by molar-refractivity contribution is 7.92. The molecule has 5 heteroatoms. The summed E-state index contributed by atoms with van der Waals surface area (Å²) in [6, 6.07) is 6.79. The maximum Gasteiger partial charge on any atom is 0.181 e. The minimum absolute atomic E-state index is 0.0577. The van der Waals surface area contributed by atoms with Gasteiger partial charge in [0.15, 0.2) is 9.84 Å². The second-order valence-electron chi connectivity index (χ2n) is 4.63. The summed E-state index contributed by atoms with van der Waals surface area (Å²) in [6.07, 6.45) is 3.60. The topological polar surface area (TPSA) is 66.4 Å². The van der Waals surface area contributed by atoms with Crippen LogP contribution in [0, 0.1) is 0 Å². The lowest BCUT2D eigenvalue weighted by molar-refractivity contribution is 0.311. The minimum atomic E-state index is -3.15. The molecule has 0 radical (unpaired) electrons. The van der Waals surface area contributed by atoms with Gasteiger partial charge in [-0.15, -0.1) is 0 Å². The van der Waals surface area contributed by atoms with Crippen molar-refractivity contribution in [2.45, 2.75) is 35.8 Å². The molecular formula is C13H19NO3S. The molecule has 0 unspecified atom stereocenters. The third-order valence-corrected chi connectivity index (χ3v) is 5.64. The van der Waals surface area contributed by atoms with Crippen LogP contribution in [0.5, 0.6) is 0 Å². The second kappa shape index (κ2) is 5.71. The summed E-state index contributed by atoms with van der Waals surface area (Å²) in [5.41, 5.74) is 0.828. The number of rotatable bonds is 5. The molecule has 1 fully saturated rings. The lowest BCUT2D eigenvalue weighted by atomic mass is 10.3. The zero-order valence-electron chi connectivity index (χ0n) is 10.3. The molecule has 1 aliphatic carbocycles. The molecule has 0 saturated heterocycles. The normalized spacial score (nSPS) is 16.9. The van der Waals surface area contributed by atoms with E-state index in [9.17, 15) is 8.42 Å². The number of hydrogen-bond donors (Lipinski definition) is 2. The van der Waals surface area contributed by atoms with Crippen molar-refractivity contribution in [1.82, 2.24) is 0 Å². The molecule has 0 spiro atoms. The van der Waals surface area contributed by atoms with Crippen LogP contribution < -0.4 is 5.32 Å². The van der Waals surface area contributed by atoms with Crippen LogP contribution in [0.2, 0.25) is 0 Å². The number of nitrogens with one attached hydrogen (secondary N) is 1. The van der Waals surface area contributed by atoms with Gasteiger partial charge >= 0.3 is 0 Å². The van der Waals surface area contributed by atoms with Crippen LogP contribution >= 0.6 is 0 Å². The van der Waals surface area contributed by atoms with Gasteiger partial charge in [0, 0.05) is 12.2 Å². The number of anilines is 1. The van der Waals surface area contributed by atoms with Gasteiger partial charge in [-0.1, -0.05) is 12.8 Å². The van der Waals surface area contributed by atoms with Crippen molar-refractivity contribution in [3.63, 3.8) is 0 Å². The summed E-state index contributed by atoms with van der Waals surface area (Å²) in [4.78, 5) is 0.406. The van der Waals surface area contributed by atoms with Crippen molar-refractivity contribution >= 4 is 15.5 Å². The first-order chi connectivity index (χ1) is 8.64. The van der Waals surface area contributed by atoms with E-state index in [1.165, 1.54) is 0 Å². The molecular weight excluding hydrogens is 250 g/mol. The summed E-state index contributed by atoms with van der Waals surface area (Å²) in [5, 5.41) is 11.5. The Morgan fingerprint density at radius 1 is 1.17 bits per heavy atom. The maximum atomic E-state index is 12.3. The highest BCUT2D eigenvalue weighted by atomic mass is 32.2. The van der Waals surface area contributed by atoms with Gasteiger partial charge in [-0.3, -0.25) is 0 Å². The van der Waals surface area contributed by atoms with E-state index in [-0.39, 0.29) is 11.9 Å². The van der Waals surface area contributed by atoms with E-state index >= 15 is 0 Å². The van der Waals surface area contributed by atoms with Crippen LogP contribution in [0.1, 0.15) is 25.7 Å². The van der Waals surface area contributed by atoms with E-state index in [0.29, 0.717) is 11.4 Å². The first kappa shape index (κ1) is 13.4. The average Bonchev–Trinajstić information content (AvgIpc) is 2.91. The Labute approximate surface area is 108 Å². The van der Waals surface area contributed by atoms with E-state index in [2.05, 4.69) is 5.32 Å². The quantitative estimate of drug-likeness (QED) is 0.855. The Morgan fingerprint density at radius 3 is 2.33 bits per heavy atom. The smallest absolute Gasteiger partial charge is 0.181 e. The largest absolute Gasteiger partial charge is 0.395 e. The molecule has 1 aliphatic rings. The molecule has 1 saturated carbocycles. The first-order valence-electron chi connectivity index (χ1n) is 6.33. The Hall–Kier alpha value is -1.07. The monoisotopic (exact) mass is 269 g/mol. The zero-order valence-corrected chi connectivity index (χ0v) is 11.1. The van der Waals surface area contributed by atoms with E-state index in [0.717, 1.165) is 31.4 Å². The molecule has 0 bridgehead atoms. The van der Waals surface area contributed by atoms with Crippen molar-refractivity contribution in [3.8, 4) is 0 Å². The van der Waals surface area contributed by atoms with Gasteiger partial charge < -0.3 is 10.4 Å². The molecule has 4 nitrogen and oxygen atoms in total. The second-order valence-corrected chi connectivity index (χ2v) is 6.85. The fourth-order valence-corrected chi connectivity index (χ4v) is 4.21. The summed E-state index contributed by atoms with van der Waals surface area (Å²) < 4.78 is 24.6. The average molecular weight is 269 g/mol.